The van der Waals surface area contributed by atoms with E-state index in [1.54, 1.807) is 0 Å². The molecule has 0 fully saturated rings. The van der Waals surface area contributed by atoms with Crippen LogP contribution in [-0.4, -0.2) is 6.61 Å². The first-order valence-electron chi connectivity index (χ1n) is 7.74. The van der Waals surface area contributed by atoms with Gasteiger partial charge in [0.15, 0.2) is 0 Å². The van der Waals surface area contributed by atoms with Gasteiger partial charge in [-0.2, -0.15) is 5.26 Å². The molecule has 0 aliphatic heterocycles. The van der Waals surface area contributed by atoms with Crippen LogP contribution in [0.2, 0.25) is 0 Å². The third-order valence-electron chi connectivity index (χ3n) is 3.75. The maximum atomic E-state index is 9.58. The maximum absolute atomic E-state index is 9.58. The lowest BCUT2D eigenvalue weighted by Crippen LogP contribution is -1.94. The first-order chi connectivity index (χ1) is 11.7. The SMILES string of the molecule is CCOc1ccc(/C=C(/C#N)c2ccc3ccccc3c2)cc1I. The molecular formula is C21H16INO. The van der Waals surface area contributed by atoms with Crippen molar-refractivity contribution >= 4 is 45.0 Å². The summed E-state index contributed by atoms with van der Waals surface area (Å²) in [5.41, 5.74) is 2.58. The lowest BCUT2D eigenvalue weighted by molar-refractivity contribution is 0.338. The van der Waals surface area contributed by atoms with E-state index >= 15 is 0 Å². The number of ether oxygens (including phenoxy) is 1. The average molecular weight is 425 g/mol. The van der Waals surface area contributed by atoms with Crippen LogP contribution in [0, 0.1) is 14.9 Å². The van der Waals surface area contributed by atoms with E-state index in [0.29, 0.717) is 12.2 Å². The van der Waals surface area contributed by atoms with Gasteiger partial charge in [-0.15, -0.1) is 0 Å². The van der Waals surface area contributed by atoms with Gasteiger partial charge in [-0.25, -0.2) is 0 Å². The fourth-order valence-electron chi connectivity index (χ4n) is 2.58. The number of hydrogen-bond acceptors (Lipinski definition) is 2. The van der Waals surface area contributed by atoms with E-state index in [4.69, 9.17) is 4.74 Å². The molecule has 0 N–H and O–H groups in total. The van der Waals surface area contributed by atoms with Crippen molar-refractivity contribution in [3.05, 3.63) is 75.4 Å². The second kappa shape index (κ2) is 7.50. The molecule has 0 saturated heterocycles. The summed E-state index contributed by atoms with van der Waals surface area (Å²) in [6, 6.07) is 22.6. The largest absolute Gasteiger partial charge is 0.493 e. The van der Waals surface area contributed by atoms with E-state index in [-0.39, 0.29) is 0 Å². The summed E-state index contributed by atoms with van der Waals surface area (Å²) in [5.74, 6) is 0.875. The highest BCUT2D eigenvalue weighted by Crippen LogP contribution is 2.26. The Balaban J connectivity index is 1.99. The van der Waals surface area contributed by atoms with E-state index in [2.05, 4.69) is 52.9 Å². The smallest absolute Gasteiger partial charge is 0.132 e. The number of halogens is 1. The Morgan fingerprint density at radius 2 is 1.88 bits per heavy atom. The van der Waals surface area contributed by atoms with E-state index in [1.165, 1.54) is 5.39 Å². The van der Waals surface area contributed by atoms with Crippen LogP contribution < -0.4 is 4.74 Å². The zero-order chi connectivity index (χ0) is 16.9. The normalized spacial score (nSPS) is 11.3. The van der Waals surface area contributed by atoms with E-state index in [0.717, 1.165) is 25.8 Å². The van der Waals surface area contributed by atoms with Crippen molar-refractivity contribution in [3.63, 3.8) is 0 Å². The summed E-state index contributed by atoms with van der Waals surface area (Å²) in [7, 11) is 0. The Hall–Kier alpha value is -2.32. The molecule has 0 aromatic heterocycles. The monoisotopic (exact) mass is 425 g/mol. The summed E-state index contributed by atoms with van der Waals surface area (Å²) in [5, 5.41) is 11.9. The van der Waals surface area contributed by atoms with Crippen LogP contribution in [0.3, 0.4) is 0 Å². The predicted molar refractivity (Wildman–Crippen MR) is 108 cm³/mol. The fraction of sp³-hybridized carbons (Fsp3) is 0.0952. The van der Waals surface area contributed by atoms with Gasteiger partial charge in [-0.05, 0) is 75.7 Å². The zero-order valence-corrected chi connectivity index (χ0v) is 15.4. The van der Waals surface area contributed by atoms with Crippen LogP contribution in [-0.2, 0) is 0 Å². The molecule has 0 atom stereocenters. The van der Waals surface area contributed by atoms with E-state index in [9.17, 15) is 5.26 Å². The minimum atomic E-state index is 0.645. The topological polar surface area (TPSA) is 33.0 Å². The molecule has 0 spiro atoms. The van der Waals surface area contributed by atoms with Crippen molar-refractivity contribution in [1.29, 1.82) is 5.26 Å². The lowest BCUT2D eigenvalue weighted by Gasteiger charge is -2.07. The standard InChI is InChI=1S/C21H16INO/c1-2-24-21-10-7-15(12-20(21)22)11-19(14-23)18-9-8-16-5-3-4-6-17(16)13-18/h3-13H,2H2,1H3/b19-11-. The van der Waals surface area contributed by atoms with Crippen LogP contribution in [0.25, 0.3) is 22.4 Å². The number of nitrogens with zero attached hydrogens (tertiary/aromatic N) is 1. The summed E-state index contributed by atoms with van der Waals surface area (Å²) in [6.07, 6.45) is 1.92. The molecule has 0 saturated carbocycles. The molecule has 3 heteroatoms. The third-order valence-corrected chi connectivity index (χ3v) is 4.59. The summed E-state index contributed by atoms with van der Waals surface area (Å²) < 4.78 is 6.60. The van der Waals surface area contributed by atoms with Gasteiger partial charge in [-0.1, -0.05) is 42.5 Å². The Morgan fingerprint density at radius 3 is 2.58 bits per heavy atom. The second-order valence-corrected chi connectivity index (χ2v) is 6.52. The fourth-order valence-corrected chi connectivity index (χ4v) is 3.28. The Bertz CT molecular complexity index is 953. The molecule has 0 aliphatic rings. The van der Waals surface area contributed by atoms with Gasteiger partial charge < -0.3 is 4.74 Å². The summed E-state index contributed by atoms with van der Waals surface area (Å²) in [4.78, 5) is 0. The zero-order valence-electron chi connectivity index (χ0n) is 13.3. The molecule has 0 bridgehead atoms. The lowest BCUT2D eigenvalue weighted by atomic mass is 10.0. The van der Waals surface area contributed by atoms with Crippen LogP contribution in [0.15, 0.2) is 60.7 Å². The van der Waals surface area contributed by atoms with Crippen molar-refractivity contribution in [2.24, 2.45) is 0 Å². The molecule has 0 heterocycles. The third kappa shape index (κ3) is 3.60. The van der Waals surface area contributed by atoms with Gasteiger partial charge in [0.05, 0.1) is 21.8 Å². The van der Waals surface area contributed by atoms with Gasteiger partial charge in [0.2, 0.25) is 0 Å². The second-order valence-electron chi connectivity index (χ2n) is 5.35. The average Bonchev–Trinajstić information content (AvgIpc) is 2.61. The molecule has 3 aromatic rings. The molecule has 0 aliphatic carbocycles. The number of benzene rings is 3. The summed E-state index contributed by atoms with van der Waals surface area (Å²) in [6.45, 7) is 2.61. The van der Waals surface area contributed by atoms with Crippen molar-refractivity contribution in [3.8, 4) is 11.8 Å². The van der Waals surface area contributed by atoms with Gasteiger partial charge in [-0.3, -0.25) is 0 Å². The van der Waals surface area contributed by atoms with Crippen LogP contribution in [0.4, 0.5) is 0 Å². The first-order valence-corrected chi connectivity index (χ1v) is 8.82. The minimum Gasteiger partial charge on any atom is -0.493 e. The highest BCUT2D eigenvalue weighted by Gasteiger charge is 2.05. The van der Waals surface area contributed by atoms with Gasteiger partial charge in [0, 0.05) is 0 Å². The number of hydrogen-bond donors (Lipinski definition) is 0. The molecule has 3 rings (SSSR count). The molecule has 3 aromatic carbocycles. The highest BCUT2D eigenvalue weighted by molar-refractivity contribution is 14.1. The van der Waals surface area contributed by atoms with E-state index < -0.39 is 0 Å². The van der Waals surface area contributed by atoms with Crippen molar-refractivity contribution in [1.82, 2.24) is 0 Å². The predicted octanol–water partition coefficient (Wildman–Crippen LogP) is 5.91. The quantitative estimate of drug-likeness (QED) is 0.296. The number of nitriles is 1. The Labute approximate surface area is 155 Å². The molecule has 2 nitrogen and oxygen atoms in total. The number of rotatable bonds is 4. The molecular weight excluding hydrogens is 409 g/mol. The maximum Gasteiger partial charge on any atom is 0.132 e. The number of fused-ring (bicyclic) bond motifs is 1. The molecule has 118 valence electrons. The van der Waals surface area contributed by atoms with Crippen LogP contribution in [0.5, 0.6) is 5.75 Å². The van der Waals surface area contributed by atoms with Crippen LogP contribution >= 0.6 is 22.6 Å². The molecule has 0 unspecified atom stereocenters. The Kier molecular flexibility index (Phi) is 5.17. The molecule has 0 amide bonds. The van der Waals surface area contributed by atoms with Crippen molar-refractivity contribution < 1.29 is 4.74 Å². The summed E-state index contributed by atoms with van der Waals surface area (Å²) >= 11 is 2.26. The van der Waals surface area contributed by atoms with E-state index in [1.807, 2.05) is 49.4 Å². The van der Waals surface area contributed by atoms with Crippen LogP contribution in [0.1, 0.15) is 18.1 Å². The number of allylic oxidation sites excluding steroid dienone is 1. The molecule has 24 heavy (non-hydrogen) atoms. The minimum absolute atomic E-state index is 0.645. The first kappa shape index (κ1) is 16.5. The van der Waals surface area contributed by atoms with Crippen molar-refractivity contribution in [2.75, 3.05) is 6.61 Å². The van der Waals surface area contributed by atoms with Gasteiger partial charge in [0.1, 0.15) is 5.75 Å². The molecule has 0 radical (unpaired) electrons. The van der Waals surface area contributed by atoms with Gasteiger partial charge in [0.25, 0.3) is 0 Å². The van der Waals surface area contributed by atoms with Gasteiger partial charge >= 0.3 is 0 Å². The highest BCUT2D eigenvalue weighted by atomic mass is 127. The Morgan fingerprint density at radius 1 is 1.08 bits per heavy atom. The van der Waals surface area contributed by atoms with Crippen molar-refractivity contribution in [2.45, 2.75) is 6.92 Å².